The maximum atomic E-state index is 5.99. The molecular weight excluding hydrogens is 278 g/mol. The second-order valence-corrected chi connectivity index (χ2v) is 5.94. The van der Waals surface area contributed by atoms with E-state index in [1.54, 1.807) is 0 Å². The Balaban J connectivity index is 2.84. The Labute approximate surface area is 113 Å². The number of benzene rings is 1. The number of hydrogen-bond acceptors (Lipinski definition) is 2. The highest BCUT2D eigenvalue weighted by molar-refractivity contribution is 9.10. The van der Waals surface area contributed by atoms with Crippen molar-refractivity contribution in [3.05, 3.63) is 28.2 Å². The maximum absolute atomic E-state index is 5.99. The van der Waals surface area contributed by atoms with E-state index < -0.39 is 0 Å². The van der Waals surface area contributed by atoms with Crippen molar-refractivity contribution in [3.8, 4) is 5.75 Å². The first-order valence-corrected chi connectivity index (χ1v) is 6.91. The molecule has 0 aliphatic heterocycles. The van der Waals surface area contributed by atoms with Gasteiger partial charge < -0.3 is 10.5 Å². The number of ether oxygens (including phenoxy) is 1. The highest BCUT2D eigenvalue weighted by Crippen LogP contribution is 2.29. The van der Waals surface area contributed by atoms with Crippen molar-refractivity contribution in [1.82, 2.24) is 0 Å². The first kappa shape index (κ1) is 14.5. The Morgan fingerprint density at radius 3 is 2.41 bits per heavy atom. The minimum Gasteiger partial charge on any atom is -0.490 e. The van der Waals surface area contributed by atoms with E-state index in [0.717, 1.165) is 22.2 Å². The Hall–Kier alpha value is -0.540. The van der Waals surface area contributed by atoms with Gasteiger partial charge in [0.1, 0.15) is 5.75 Å². The van der Waals surface area contributed by atoms with Gasteiger partial charge in [-0.05, 0) is 38.3 Å². The van der Waals surface area contributed by atoms with E-state index >= 15 is 0 Å². The van der Waals surface area contributed by atoms with Crippen molar-refractivity contribution < 1.29 is 4.74 Å². The van der Waals surface area contributed by atoms with Crippen LogP contribution in [-0.4, -0.2) is 6.10 Å². The number of hydrogen-bond donors (Lipinski definition) is 1. The van der Waals surface area contributed by atoms with E-state index in [1.807, 2.05) is 25.1 Å². The van der Waals surface area contributed by atoms with Gasteiger partial charge in [-0.1, -0.05) is 35.8 Å². The molecule has 0 aliphatic rings. The average Bonchev–Trinajstić information content (AvgIpc) is 2.15. The molecule has 0 saturated carbocycles. The number of nitrogens with two attached hydrogens (primary N) is 1. The minimum absolute atomic E-state index is 0.00986. The van der Waals surface area contributed by atoms with E-state index in [-0.39, 0.29) is 12.1 Å². The molecule has 0 radical (unpaired) electrons. The molecule has 96 valence electrons. The van der Waals surface area contributed by atoms with Crippen LogP contribution in [0.15, 0.2) is 22.7 Å². The topological polar surface area (TPSA) is 35.2 Å². The molecule has 0 fully saturated rings. The first-order chi connectivity index (χ1) is 7.90. The lowest BCUT2D eigenvalue weighted by molar-refractivity contribution is 0.190. The van der Waals surface area contributed by atoms with Crippen LogP contribution in [0.25, 0.3) is 0 Å². The van der Waals surface area contributed by atoms with Crippen LogP contribution in [0.3, 0.4) is 0 Å². The van der Waals surface area contributed by atoms with E-state index in [0.29, 0.717) is 5.92 Å². The summed E-state index contributed by atoms with van der Waals surface area (Å²) in [5, 5.41) is 0. The Kier molecular flexibility index (Phi) is 5.47. The monoisotopic (exact) mass is 299 g/mol. The fraction of sp³-hybridized carbons (Fsp3) is 0.571. The molecule has 1 aromatic carbocycles. The fourth-order valence-electron chi connectivity index (χ4n) is 1.92. The number of halogens is 1. The second-order valence-electron chi connectivity index (χ2n) is 5.03. The molecule has 0 spiro atoms. The third kappa shape index (κ3) is 4.68. The summed E-state index contributed by atoms with van der Waals surface area (Å²) in [5.74, 6) is 1.53. The van der Waals surface area contributed by atoms with E-state index in [9.17, 15) is 0 Å². The van der Waals surface area contributed by atoms with Gasteiger partial charge in [-0.15, -0.1) is 0 Å². The summed E-state index contributed by atoms with van der Waals surface area (Å²) < 4.78 is 7.01. The lowest BCUT2D eigenvalue weighted by Crippen LogP contribution is -2.17. The van der Waals surface area contributed by atoms with Crippen molar-refractivity contribution in [2.75, 3.05) is 0 Å². The van der Waals surface area contributed by atoms with Crippen LogP contribution in [0.4, 0.5) is 0 Å². The van der Waals surface area contributed by atoms with Crippen LogP contribution in [0.2, 0.25) is 0 Å². The molecule has 2 atom stereocenters. The van der Waals surface area contributed by atoms with Gasteiger partial charge in [-0.3, -0.25) is 0 Å². The molecular formula is C14H22BrNO. The summed E-state index contributed by atoms with van der Waals surface area (Å²) in [6.07, 6.45) is 1.26. The normalized spacial score (nSPS) is 14.8. The van der Waals surface area contributed by atoms with Gasteiger partial charge in [0.25, 0.3) is 0 Å². The average molecular weight is 300 g/mol. The van der Waals surface area contributed by atoms with Crippen LogP contribution >= 0.6 is 15.9 Å². The van der Waals surface area contributed by atoms with Crippen LogP contribution in [0.1, 0.15) is 45.7 Å². The zero-order valence-electron chi connectivity index (χ0n) is 11.0. The molecule has 0 saturated heterocycles. The van der Waals surface area contributed by atoms with Crippen molar-refractivity contribution in [3.63, 3.8) is 0 Å². The molecule has 3 heteroatoms. The highest BCUT2D eigenvalue weighted by atomic mass is 79.9. The predicted molar refractivity (Wildman–Crippen MR) is 76.3 cm³/mol. The summed E-state index contributed by atoms with van der Waals surface area (Å²) in [6.45, 7) is 8.48. The van der Waals surface area contributed by atoms with Crippen LogP contribution in [0.5, 0.6) is 5.75 Å². The molecule has 0 amide bonds. The second kappa shape index (κ2) is 6.41. The smallest absolute Gasteiger partial charge is 0.125 e. The molecule has 17 heavy (non-hydrogen) atoms. The van der Waals surface area contributed by atoms with Crippen LogP contribution < -0.4 is 10.5 Å². The van der Waals surface area contributed by atoms with E-state index in [2.05, 4.69) is 36.7 Å². The standard InChI is InChI=1S/C14H22BrNO/c1-9(2)7-10(3)17-14-8-12(15)5-6-13(14)11(4)16/h5-6,8-11H,7,16H2,1-4H3. The molecule has 0 aliphatic carbocycles. The van der Waals surface area contributed by atoms with Crippen molar-refractivity contribution in [2.24, 2.45) is 11.7 Å². The molecule has 0 aromatic heterocycles. The maximum Gasteiger partial charge on any atom is 0.125 e. The summed E-state index contributed by atoms with van der Waals surface area (Å²) >= 11 is 3.47. The van der Waals surface area contributed by atoms with Gasteiger partial charge in [0.05, 0.1) is 6.10 Å². The largest absolute Gasteiger partial charge is 0.490 e. The molecule has 0 bridgehead atoms. The predicted octanol–water partition coefficient (Wildman–Crippen LogP) is 4.28. The van der Waals surface area contributed by atoms with Gasteiger partial charge in [0.2, 0.25) is 0 Å². The first-order valence-electron chi connectivity index (χ1n) is 6.11. The van der Waals surface area contributed by atoms with Crippen LogP contribution in [0, 0.1) is 5.92 Å². The van der Waals surface area contributed by atoms with Gasteiger partial charge in [0.15, 0.2) is 0 Å². The lowest BCUT2D eigenvalue weighted by atomic mass is 10.1. The molecule has 2 unspecified atom stereocenters. The Morgan fingerprint density at radius 1 is 1.24 bits per heavy atom. The van der Waals surface area contributed by atoms with Gasteiger partial charge >= 0.3 is 0 Å². The highest BCUT2D eigenvalue weighted by Gasteiger charge is 2.12. The summed E-state index contributed by atoms with van der Waals surface area (Å²) in [5.41, 5.74) is 7.01. The van der Waals surface area contributed by atoms with Crippen molar-refractivity contribution in [1.29, 1.82) is 0 Å². The quantitative estimate of drug-likeness (QED) is 0.880. The zero-order valence-corrected chi connectivity index (χ0v) is 12.6. The van der Waals surface area contributed by atoms with E-state index in [1.165, 1.54) is 0 Å². The Bertz CT molecular complexity index is 363. The van der Waals surface area contributed by atoms with Crippen molar-refractivity contribution >= 4 is 15.9 Å². The Morgan fingerprint density at radius 2 is 1.88 bits per heavy atom. The molecule has 2 nitrogen and oxygen atoms in total. The van der Waals surface area contributed by atoms with Crippen LogP contribution in [-0.2, 0) is 0 Å². The van der Waals surface area contributed by atoms with Crippen molar-refractivity contribution in [2.45, 2.75) is 46.3 Å². The third-order valence-corrected chi connectivity index (χ3v) is 3.09. The fourth-order valence-corrected chi connectivity index (χ4v) is 2.26. The summed E-state index contributed by atoms with van der Waals surface area (Å²) in [4.78, 5) is 0. The van der Waals surface area contributed by atoms with Gasteiger partial charge in [-0.25, -0.2) is 0 Å². The lowest BCUT2D eigenvalue weighted by Gasteiger charge is -2.20. The molecule has 0 heterocycles. The van der Waals surface area contributed by atoms with E-state index in [4.69, 9.17) is 10.5 Å². The third-order valence-electron chi connectivity index (χ3n) is 2.60. The molecule has 2 N–H and O–H groups in total. The molecule has 1 aromatic rings. The number of rotatable bonds is 5. The zero-order chi connectivity index (χ0) is 13.0. The SMILES string of the molecule is CC(C)CC(C)Oc1cc(Br)ccc1C(C)N. The summed E-state index contributed by atoms with van der Waals surface area (Å²) in [7, 11) is 0. The minimum atomic E-state index is -0.00986. The molecule has 1 rings (SSSR count). The van der Waals surface area contributed by atoms with Gasteiger partial charge in [0, 0.05) is 16.1 Å². The van der Waals surface area contributed by atoms with Gasteiger partial charge in [-0.2, -0.15) is 0 Å². The summed E-state index contributed by atoms with van der Waals surface area (Å²) in [6, 6.07) is 6.00.